The predicted molar refractivity (Wildman–Crippen MR) is 85.4 cm³/mol. The van der Waals surface area contributed by atoms with Gasteiger partial charge < -0.3 is 9.35 Å². The minimum Gasteiger partial charge on any atom is -0.741 e. The molecule has 0 radical (unpaired) electrons. The highest BCUT2D eigenvalue weighted by Gasteiger charge is 2.37. The van der Waals surface area contributed by atoms with E-state index in [1.165, 1.54) is 12.3 Å². The van der Waals surface area contributed by atoms with Gasteiger partial charge in [-0.1, -0.05) is 36.4 Å². The van der Waals surface area contributed by atoms with Gasteiger partial charge in [-0.2, -0.15) is 13.2 Å². The number of rotatable bonds is 3. The maximum Gasteiger partial charge on any atom is 0.485 e. The summed E-state index contributed by atoms with van der Waals surface area (Å²) >= 11 is -0.184. The Hall–Kier alpha value is -0.953. The Morgan fingerprint density at radius 3 is 1.88 bits per heavy atom. The molecule has 0 aliphatic heterocycles. The average Bonchev–Trinajstić information content (AvgIpc) is 2.46. The molecule has 0 unspecified atom stereocenters. The van der Waals surface area contributed by atoms with Gasteiger partial charge in [-0.15, -0.1) is 0 Å². The smallest absolute Gasteiger partial charge is 0.485 e. The Kier molecular flexibility index (Phi) is 7.62. The van der Waals surface area contributed by atoms with Crippen molar-refractivity contribution >= 4 is 23.6 Å². The van der Waals surface area contributed by atoms with E-state index >= 15 is 0 Å². The third-order valence-electron chi connectivity index (χ3n) is 2.76. The van der Waals surface area contributed by atoms with Crippen molar-refractivity contribution in [1.82, 2.24) is 0 Å². The highest BCUT2D eigenvalue weighted by molar-refractivity contribution is 7.86. The van der Waals surface area contributed by atoms with Gasteiger partial charge in [0, 0.05) is 5.19 Å². The summed E-state index contributed by atoms with van der Waals surface area (Å²) in [6.07, 6.45) is 0. The summed E-state index contributed by atoms with van der Waals surface area (Å²) in [6, 6.07) is 18.9. The summed E-state index contributed by atoms with van der Waals surface area (Å²) in [5, 5.41) is 1.19. The minimum absolute atomic E-state index is 0.184. The molecule has 0 atom stereocenters. The van der Waals surface area contributed by atoms with Gasteiger partial charge in [0.05, 0.1) is 0 Å². The Labute approximate surface area is 155 Å². The van der Waals surface area contributed by atoms with Gasteiger partial charge in [-0.3, -0.25) is 0 Å². The van der Waals surface area contributed by atoms with E-state index in [-0.39, 0.29) is 21.2 Å². The molecule has 2 aromatic rings. The Morgan fingerprint density at radius 2 is 1.44 bits per heavy atom. The predicted octanol–water partition coefficient (Wildman–Crippen LogP) is -0.729. The Balaban J connectivity index is 0.000000333. The van der Waals surface area contributed by atoms with Gasteiger partial charge in [0.25, 0.3) is 0 Å². The quantitative estimate of drug-likeness (QED) is 0.259. The van der Waals surface area contributed by atoms with Gasteiger partial charge in [0.2, 0.25) is 8.32 Å². The van der Waals surface area contributed by atoms with Crippen LogP contribution in [0.15, 0.2) is 54.6 Å². The van der Waals surface area contributed by atoms with Crippen LogP contribution in [0.5, 0.6) is 0 Å². The van der Waals surface area contributed by atoms with Gasteiger partial charge in [-0.25, -0.2) is 8.42 Å². The lowest BCUT2D eigenvalue weighted by Gasteiger charge is -2.13. The summed E-state index contributed by atoms with van der Waals surface area (Å²) in [7, 11) is -8.29. The zero-order valence-electron chi connectivity index (χ0n) is 13.3. The molecule has 138 valence electrons. The van der Waals surface area contributed by atoms with Crippen molar-refractivity contribution < 1.29 is 52.1 Å². The molecule has 0 aliphatic carbocycles. The highest BCUT2D eigenvalue weighted by Crippen LogP contribution is 2.20. The second-order valence-corrected chi connectivity index (χ2v) is 13.3. The molecule has 0 saturated carbocycles. The number of alkyl halides is 3. The van der Waals surface area contributed by atoms with Crippen molar-refractivity contribution in [1.29, 1.82) is 0 Å². The summed E-state index contributed by atoms with van der Waals surface area (Å²) in [5.74, 6) is 0. The largest absolute Gasteiger partial charge is 0.741 e. The minimum atomic E-state index is -6.09. The molecule has 10 heteroatoms. The summed E-state index contributed by atoms with van der Waals surface area (Å²) < 4.78 is 61.7. The fourth-order valence-electron chi connectivity index (χ4n) is 1.63. The molecule has 2 rings (SSSR count). The topological polar surface area (TPSA) is 77.4 Å². The summed E-state index contributed by atoms with van der Waals surface area (Å²) in [6.45, 7) is 3.97. The fraction of sp³-hybridized carbons (Fsp3) is 0.200. The standard InChI is InChI=1S/C14H16IOSi.CHF3O3S/c1-17(2,16)14-11-7-6-10-13(14)15-12-8-4-3-5-9-12;2-1(3,4)8(5,6)7/h3-11,16H,1-2H3;(H,5,6,7)/q+1;/p-1. The van der Waals surface area contributed by atoms with Crippen LogP contribution in [0, 0.1) is 7.14 Å². The monoisotopic (exact) mass is 504 g/mol. The number of halogens is 4. The fourth-order valence-corrected chi connectivity index (χ4v) is 7.41. The SMILES string of the molecule is C[Si](C)(O)c1ccccc1[I+]c1ccccc1.O=S(=O)([O-])C(F)(F)F. The first-order valence-corrected chi connectivity index (χ1v) is 13.4. The van der Waals surface area contributed by atoms with E-state index in [4.69, 9.17) is 13.0 Å². The third kappa shape index (κ3) is 7.44. The molecule has 0 aliphatic rings. The first-order valence-electron chi connectivity index (χ1n) is 6.86. The molecule has 0 fully saturated rings. The molecule has 0 aromatic heterocycles. The van der Waals surface area contributed by atoms with E-state index in [1.807, 2.05) is 25.2 Å². The molecule has 0 heterocycles. The van der Waals surface area contributed by atoms with Crippen LogP contribution < -0.4 is 26.4 Å². The summed E-state index contributed by atoms with van der Waals surface area (Å²) in [4.78, 5) is 10.3. The van der Waals surface area contributed by atoms with E-state index in [0.29, 0.717) is 0 Å². The first-order chi connectivity index (χ1) is 11.3. The number of hydrogen-bond acceptors (Lipinski definition) is 4. The molecule has 0 amide bonds. The van der Waals surface area contributed by atoms with E-state index in [2.05, 4.69) is 42.5 Å². The van der Waals surface area contributed by atoms with Crippen LogP contribution in [-0.2, 0) is 10.1 Å². The normalized spacial score (nSPS) is 12.3. The summed E-state index contributed by atoms with van der Waals surface area (Å²) in [5.41, 5.74) is -5.65. The maximum absolute atomic E-state index is 10.7. The molecule has 0 bridgehead atoms. The van der Waals surface area contributed by atoms with Crippen LogP contribution in [0.3, 0.4) is 0 Å². The highest BCUT2D eigenvalue weighted by atomic mass is 127. The molecule has 0 saturated heterocycles. The van der Waals surface area contributed by atoms with Crippen LogP contribution in [0.2, 0.25) is 13.1 Å². The van der Waals surface area contributed by atoms with E-state index in [0.717, 1.165) is 0 Å². The zero-order valence-corrected chi connectivity index (χ0v) is 17.3. The van der Waals surface area contributed by atoms with Crippen LogP contribution in [0.4, 0.5) is 13.2 Å². The van der Waals surface area contributed by atoms with Gasteiger partial charge in [0.1, 0.15) is 0 Å². The third-order valence-corrected chi connectivity index (χ3v) is 8.45. The van der Waals surface area contributed by atoms with Crippen LogP contribution in [0.25, 0.3) is 0 Å². The van der Waals surface area contributed by atoms with Crippen molar-refractivity contribution in [3.63, 3.8) is 0 Å². The second kappa shape index (κ2) is 8.62. The second-order valence-electron chi connectivity index (χ2n) is 5.33. The van der Waals surface area contributed by atoms with Crippen LogP contribution >= 0.6 is 0 Å². The van der Waals surface area contributed by atoms with Gasteiger partial charge in [-0.05, 0) is 31.3 Å². The van der Waals surface area contributed by atoms with E-state index in [9.17, 15) is 18.0 Å². The van der Waals surface area contributed by atoms with Crippen molar-refractivity contribution in [2.75, 3.05) is 0 Å². The van der Waals surface area contributed by atoms with E-state index < -0.39 is 23.9 Å². The molecule has 4 nitrogen and oxygen atoms in total. The lowest BCUT2D eigenvalue weighted by Crippen LogP contribution is -3.62. The van der Waals surface area contributed by atoms with Crippen LogP contribution in [-0.4, -0.2) is 31.6 Å². The molecular weight excluding hydrogens is 488 g/mol. The number of benzene rings is 2. The molecule has 1 N–H and O–H groups in total. The van der Waals surface area contributed by atoms with Crippen molar-refractivity contribution in [2.45, 2.75) is 18.6 Å². The molecule has 2 aromatic carbocycles. The van der Waals surface area contributed by atoms with Gasteiger partial charge >= 0.3 is 26.7 Å². The number of hydrogen-bond donors (Lipinski definition) is 1. The van der Waals surface area contributed by atoms with Crippen molar-refractivity contribution in [3.8, 4) is 0 Å². The Bertz CT molecular complexity index is 790. The van der Waals surface area contributed by atoms with Crippen LogP contribution in [0.1, 0.15) is 0 Å². The molecule has 25 heavy (non-hydrogen) atoms. The Morgan fingerprint density at radius 1 is 1.00 bits per heavy atom. The zero-order chi connectivity index (χ0) is 19.3. The molecular formula is C15H16F3IO4SSi. The molecule has 0 spiro atoms. The van der Waals surface area contributed by atoms with E-state index in [1.54, 1.807) is 0 Å². The first kappa shape index (κ1) is 22.1. The average molecular weight is 504 g/mol. The maximum atomic E-state index is 10.7. The van der Waals surface area contributed by atoms with Gasteiger partial charge in [0.15, 0.2) is 17.3 Å². The van der Waals surface area contributed by atoms with Crippen molar-refractivity contribution in [2.24, 2.45) is 0 Å². The van der Waals surface area contributed by atoms with Crippen molar-refractivity contribution in [3.05, 3.63) is 61.7 Å². The lowest BCUT2D eigenvalue weighted by atomic mass is 10.4. The lowest BCUT2D eigenvalue weighted by molar-refractivity contribution is -0.596.